The minimum atomic E-state index is 0.389. The summed E-state index contributed by atoms with van der Waals surface area (Å²) in [7, 11) is 0. The summed E-state index contributed by atoms with van der Waals surface area (Å²) < 4.78 is 2.25. The Kier molecular flexibility index (Phi) is 5.91. The van der Waals surface area contributed by atoms with Crippen LogP contribution in [-0.2, 0) is 12.3 Å². The second kappa shape index (κ2) is 8.15. The first-order valence-electron chi connectivity index (χ1n) is 8.66. The van der Waals surface area contributed by atoms with E-state index in [1.165, 1.54) is 11.1 Å². The molecule has 0 unspecified atom stereocenters. The first-order valence-corrected chi connectivity index (χ1v) is 10.5. The van der Waals surface area contributed by atoms with Gasteiger partial charge in [-0.15, -0.1) is 21.5 Å². The minimum absolute atomic E-state index is 0.389. The standard InChI is InChI=1S/C19H24N4S2/c1-5-10-23-17(13(2)3)21-22-19(23)25-12-15-11-24-18(20-15)16-9-7-6-8-14(16)4/h6-9,11,13H,5,10,12H2,1-4H3. The van der Waals surface area contributed by atoms with Crippen molar-refractivity contribution in [2.75, 3.05) is 0 Å². The number of hydrogen-bond acceptors (Lipinski definition) is 5. The first kappa shape index (κ1) is 18.1. The van der Waals surface area contributed by atoms with Gasteiger partial charge >= 0.3 is 0 Å². The fourth-order valence-electron chi connectivity index (χ4n) is 2.72. The van der Waals surface area contributed by atoms with Crippen molar-refractivity contribution < 1.29 is 0 Å². The molecule has 1 aromatic carbocycles. The highest BCUT2D eigenvalue weighted by atomic mass is 32.2. The molecule has 25 heavy (non-hydrogen) atoms. The van der Waals surface area contributed by atoms with Crippen molar-refractivity contribution in [1.29, 1.82) is 0 Å². The molecule has 3 aromatic rings. The monoisotopic (exact) mass is 372 g/mol. The lowest BCUT2D eigenvalue weighted by Crippen LogP contribution is -2.06. The highest BCUT2D eigenvalue weighted by Crippen LogP contribution is 2.30. The molecule has 0 saturated heterocycles. The normalized spacial score (nSPS) is 11.4. The van der Waals surface area contributed by atoms with Gasteiger partial charge in [0.1, 0.15) is 10.8 Å². The number of thiazole rings is 1. The molecule has 0 aliphatic heterocycles. The second-order valence-electron chi connectivity index (χ2n) is 6.39. The molecule has 2 aromatic heterocycles. The van der Waals surface area contributed by atoms with Crippen molar-refractivity contribution in [1.82, 2.24) is 19.7 Å². The maximum absolute atomic E-state index is 4.81. The van der Waals surface area contributed by atoms with Gasteiger partial charge in [-0.1, -0.05) is 56.8 Å². The average molecular weight is 373 g/mol. The van der Waals surface area contributed by atoms with Crippen LogP contribution in [0.4, 0.5) is 0 Å². The SMILES string of the molecule is CCCn1c(SCc2csc(-c3ccccc3C)n2)nnc1C(C)C. The van der Waals surface area contributed by atoms with E-state index in [1.807, 2.05) is 0 Å². The summed E-state index contributed by atoms with van der Waals surface area (Å²) in [4.78, 5) is 4.81. The van der Waals surface area contributed by atoms with Gasteiger partial charge in [0, 0.05) is 29.2 Å². The Morgan fingerprint density at radius 2 is 2.00 bits per heavy atom. The Bertz CT molecular complexity index is 836. The van der Waals surface area contributed by atoms with E-state index in [1.54, 1.807) is 23.1 Å². The van der Waals surface area contributed by atoms with Crippen molar-refractivity contribution in [3.8, 4) is 10.6 Å². The third-order valence-corrected chi connectivity index (χ3v) is 5.91. The lowest BCUT2D eigenvalue weighted by Gasteiger charge is -2.10. The molecule has 0 aliphatic carbocycles. The Balaban J connectivity index is 1.74. The molecule has 132 valence electrons. The molecule has 0 aliphatic rings. The van der Waals surface area contributed by atoms with E-state index in [0.29, 0.717) is 5.92 Å². The Hall–Kier alpha value is -1.66. The molecule has 0 spiro atoms. The fourth-order valence-corrected chi connectivity index (χ4v) is 4.60. The van der Waals surface area contributed by atoms with Crippen LogP contribution < -0.4 is 0 Å². The number of aromatic nitrogens is 4. The lowest BCUT2D eigenvalue weighted by atomic mass is 10.1. The van der Waals surface area contributed by atoms with Gasteiger partial charge in [-0.05, 0) is 18.9 Å². The number of rotatable bonds is 7. The largest absolute Gasteiger partial charge is 0.306 e. The van der Waals surface area contributed by atoms with Crippen LogP contribution in [0, 0.1) is 6.92 Å². The van der Waals surface area contributed by atoms with Crippen LogP contribution in [0.15, 0.2) is 34.8 Å². The van der Waals surface area contributed by atoms with E-state index in [-0.39, 0.29) is 0 Å². The fraction of sp³-hybridized carbons (Fsp3) is 0.421. The zero-order valence-electron chi connectivity index (χ0n) is 15.2. The summed E-state index contributed by atoms with van der Waals surface area (Å²) in [5.41, 5.74) is 3.59. The molecule has 0 atom stereocenters. The van der Waals surface area contributed by atoms with Crippen LogP contribution in [0.3, 0.4) is 0 Å². The van der Waals surface area contributed by atoms with E-state index in [2.05, 4.69) is 72.1 Å². The topological polar surface area (TPSA) is 43.6 Å². The van der Waals surface area contributed by atoms with Gasteiger partial charge in [0.05, 0.1) is 5.69 Å². The van der Waals surface area contributed by atoms with Crippen LogP contribution in [0.25, 0.3) is 10.6 Å². The molecule has 0 N–H and O–H groups in total. The van der Waals surface area contributed by atoms with E-state index in [0.717, 1.165) is 40.4 Å². The Labute approximate surface area is 157 Å². The third-order valence-electron chi connectivity index (χ3n) is 3.99. The first-order chi connectivity index (χ1) is 12.1. The van der Waals surface area contributed by atoms with E-state index < -0.39 is 0 Å². The molecule has 0 saturated carbocycles. The summed E-state index contributed by atoms with van der Waals surface area (Å²) in [6.45, 7) is 9.62. The van der Waals surface area contributed by atoms with Gasteiger partial charge in [0.15, 0.2) is 5.16 Å². The predicted octanol–water partition coefficient (Wildman–Crippen LogP) is 5.54. The number of hydrogen-bond donors (Lipinski definition) is 0. The van der Waals surface area contributed by atoms with Crippen LogP contribution in [0.2, 0.25) is 0 Å². The molecule has 6 heteroatoms. The molecule has 0 fully saturated rings. The predicted molar refractivity (Wildman–Crippen MR) is 106 cm³/mol. The quantitative estimate of drug-likeness (QED) is 0.511. The molecule has 3 rings (SSSR count). The molecule has 0 amide bonds. The maximum Gasteiger partial charge on any atom is 0.191 e. The van der Waals surface area contributed by atoms with Crippen molar-refractivity contribution in [2.45, 2.75) is 57.5 Å². The molecular formula is C19H24N4S2. The van der Waals surface area contributed by atoms with Gasteiger partial charge in [-0.2, -0.15) is 0 Å². The molecule has 4 nitrogen and oxygen atoms in total. The molecule has 0 radical (unpaired) electrons. The average Bonchev–Trinajstić information content (AvgIpc) is 3.21. The van der Waals surface area contributed by atoms with E-state index in [9.17, 15) is 0 Å². The number of nitrogens with zero attached hydrogens (tertiary/aromatic N) is 4. The van der Waals surface area contributed by atoms with Gasteiger partial charge in [-0.25, -0.2) is 4.98 Å². The van der Waals surface area contributed by atoms with E-state index >= 15 is 0 Å². The van der Waals surface area contributed by atoms with Gasteiger partial charge in [-0.3, -0.25) is 0 Å². The highest BCUT2D eigenvalue weighted by molar-refractivity contribution is 7.98. The number of benzene rings is 1. The zero-order valence-corrected chi connectivity index (χ0v) is 16.8. The van der Waals surface area contributed by atoms with Crippen molar-refractivity contribution in [3.05, 3.63) is 46.7 Å². The second-order valence-corrected chi connectivity index (χ2v) is 8.20. The smallest absolute Gasteiger partial charge is 0.191 e. The highest BCUT2D eigenvalue weighted by Gasteiger charge is 2.15. The summed E-state index contributed by atoms with van der Waals surface area (Å²) in [6, 6.07) is 8.40. The summed E-state index contributed by atoms with van der Waals surface area (Å²) in [5.74, 6) is 2.28. The van der Waals surface area contributed by atoms with Crippen LogP contribution in [0.5, 0.6) is 0 Å². The van der Waals surface area contributed by atoms with Gasteiger partial charge in [0.2, 0.25) is 0 Å². The maximum atomic E-state index is 4.81. The Morgan fingerprint density at radius 1 is 1.20 bits per heavy atom. The van der Waals surface area contributed by atoms with Crippen molar-refractivity contribution in [3.63, 3.8) is 0 Å². The van der Waals surface area contributed by atoms with Crippen molar-refractivity contribution in [2.24, 2.45) is 0 Å². The van der Waals surface area contributed by atoms with Gasteiger partial charge < -0.3 is 4.57 Å². The van der Waals surface area contributed by atoms with Gasteiger partial charge in [0.25, 0.3) is 0 Å². The van der Waals surface area contributed by atoms with Crippen LogP contribution >= 0.6 is 23.1 Å². The number of aryl methyl sites for hydroxylation is 1. The third kappa shape index (κ3) is 4.12. The summed E-state index contributed by atoms with van der Waals surface area (Å²) in [6.07, 6.45) is 1.08. The zero-order chi connectivity index (χ0) is 17.8. The molecular weight excluding hydrogens is 348 g/mol. The Morgan fingerprint density at radius 3 is 2.72 bits per heavy atom. The lowest BCUT2D eigenvalue weighted by molar-refractivity contribution is 0.572. The van der Waals surface area contributed by atoms with Crippen LogP contribution in [0.1, 0.15) is 50.2 Å². The van der Waals surface area contributed by atoms with E-state index in [4.69, 9.17) is 4.98 Å². The number of thioether (sulfide) groups is 1. The molecule has 2 heterocycles. The van der Waals surface area contributed by atoms with Crippen LogP contribution in [-0.4, -0.2) is 19.7 Å². The molecule has 0 bridgehead atoms. The minimum Gasteiger partial charge on any atom is -0.306 e. The summed E-state index contributed by atoms with van der Waals surface area (Å²) >= 11 is 3.43. The van der Waals surface area contributed by atoms with Crippen molar-refractivity contribution >= 4 is 23.1 Å². The summed E-state index contributed by atoms with van der Waals surface area (Å²) in [5, 5.41) is 13.0.